The molecule has 0 aromatic heterocycles. The molecule has 1 unspecified atom stereocenters. The summed E-state index contributed by atoms with van der Waals surface area (Å²) < 4.78 is 0. The molecule has 0 saturated carbocycles. The molecule has 1 amide bonds. The quantitative estimate of drug-likeness (QED) is 0.804. The van der Waals surface area contributed by atoms with Crippen molar-refractivity contribution in [1.82, 2.24) is 5.32 Å². The van der Waals surface area contributed by atoms with E-state index in [0.29, 0.717) is 13.0 Å². The van der Waals surface area contributed by atoms with Crippen molar-refractivity contribution in [3.63, 3.8) is 0 Å². The molecule has 0 aliphatic carbocycles. The average molecular weight is 348 g/mol. The van der Waals surface area contributed by atoms with Gasteiger partial charge >= 0.3 is 0 Å². The van der Waals surface area contributed by atoms with Crippen LogP contribution in [0, 0.1) is 0 Å². The van der Waals surface area contributed by atoms with Gasteiger partial charge in [0.1, 0.15) is 0 Å². The summed E-state index contributed by atoms with van der Waals surface area (Å²) in [7, 11) is 0. The SMILES string of the molecule is CCN(c1ccccc1)c1ccc(CNC(=O)CC(C)N)cc1.Cl. The smallest absolute Gasteiger partial charge is 0.221 e. The maximum absolute atomic E-state index is 11.6. The second-order valence-corrected chi connectivity index (χ2v) is 5.70. The lowest BCUT2D eigenvalue weighted by Crippen LogP contribution is -2.29. The van der Waals surface area contributed by atoms with Crippen molar-refractivity contribution in [3.05, 3.63) is 60.2 Å². The molecule has 3 N–H and O–H groups in total. The second kappa shape index (κ2) is 9.96. The molecular weight excluding hydrogens is 322 g/mol. The third-order valence-corrected chi connectivity index (χ3v) is 3.63. The minimum absolute atomic E-state index is 0. The monoisotopic (exact) mass is 347 g/mol. The van der Waals surface area contributed by atoms with Crippen molar-refractivity contribution < 1.29 is 4.79 Å². The number of carbonyl (C=O) groups excluding carboxylic acids is 1. The number of nitrogens with zero attached hydrogens (tertiary/aromatic N) is 1. The molecular formula is C19H26ClN3O. The first-order valence-electron chi connectivity index (χ1n) is 8.04. The van der Waals surface area contributed by atoms with Crippen LogP contribution in [-0.4, -0.2) is 18.5 Å². The van der Waals surface area contributed by atoms with Crippen LogP contribution in [-0.2, 0) is 11.3 Å². The molecule has 4 nitrogen and oxygen atoms in total. The lowest BCUT2D eigenvalue weighted by Gasteiger charge is -2.23. The van der Waals surface area contributed by atoms with Crippen molar-refractivity contribution in [2.75, 3.05) is 11.4 Å². The predicted molar refractivity (Wildman–Crippen MR) is 103 cm³/mol. The van der Waals surface area contributed by atoms with Gasteiger partial charge in [0.15, 0.2) is 0 Å². The number of anilines is 2. The van der Waals surface area contributed by atoms with Crippen molar-refractivity contribution in [2.45, 2.75) is 32.9 Å². The van der Waals surface area contributed by atoms with Crippen LogP contribution in [0.1, 0.15) is 25.8 Å². The zero-order valence-electron chi connectivity index (χ0n) is 14.2. The standard InChI is InChI=1S/C19H25N3O.ClH/c1-3-22(17-7-5-4-6-8-17)18-11-9-16(10-12-18)14-21-19(23)13-15(2)20;/h4-12,15H,3,13-14,20H2,1-2H3,(H,21,23);1H. The highest BCUT2D eigenvalue weighted by Gasteiger charge is 2.07. The van der Waals surface area contributed by atoms with Gasteiger partial charge < -0.3 is 16.0 Å². The van der Waals surface area contributed by atoms with Gasteiger partial charge in [0.25, 0.3) is 0 Å². The largest absolute Gasteiger partial charge is 0.352 e. The Hall–Kier alpha value is -2.04. The highest BCUT2D eigenvalue weighted by atomic mass is 35.5. The van der Waals surface area contributed by atoms with E-state index in [9.17, 15) is 4.79 Å². The van der Waals surface area contributed by atoms with Gasteiger partial charge in [-0.25, -0.2) is 0 Å². The Bertz CT molecular complexity index is 614. The molecule has 0 spiro atoms. The summed E-state index contributed by atoms with van der Waals surface area (Å²) in [5, 5.41) is 2.89. The number of nitrogens with two attached hydrogens (primary N) is 1. The van der Waals surface area contributed by atoms with E-state index >= 15 is 0 Å². The molecule has 0 saturated heterocycles. The molecule has 1 atom stereocenters. The predicted octanol–water partition coefficient (Wildman–Crippen LogP) is 3.62. The molecule has 0 aliphatic heterocycles. The Morgan fingerprint density at radius 1 is 1.08 bits per heavy atom. The number of para-hydroxylation sites is 1. The molecule has 0 fully saturated rings. The average Bonchev–Trinajstić information content (AvgIpc) is 2.55. The highest BCUT2D eigenvalue weighted by molar-refractivity contribution is 5.85. The molecule has 0 bridgehead atoms. The topological polar surface area (TPSA) is 58.4 Å². The molecule has 2 rings (SSSR count). The number of hydrogen-bond donors (Lipinski definition) is 2. The van der Waals surface area contributed by atoms with Crippen LogP contribution < -0.4 is 16.0 Å². The number of hydrogen-bond acceptors (Lipinski definition) is 3. The lowest BCUT2D eigenvalue weighted by molar-refractivity contribution is -0.121. The number of nitrogens with one attached hydrogen (secondary N) is 1. The first-order chi connectivity index (χ1) is 11.1. The van der Waals surface area contributed by atoms with E-state index in [1.165, 1.54) is 5.69 Å². The van der Waals surface area contributed by atoms with Crippen molar-refractivity contribution >= 4 is 29.7 Å². The van der Waals surface area contributed by atoms with E-state index in [4.69, 9.17) is 5.73 Å². The summed E-state index contributed by atoms with van der Waals surface area (Å²) in [4.78, 5) is 13.9. The van der Waals surface area contributed by atoms with E-state index in [2.05, 4.69) is 41.4 Å². The summed E-state index contributed by atoms with van der Waals surface area (Å²) in [6.07, 6.45) is 0.357. The van der Waals surface area contributed by atoms with Crippen LogP contribution in [0.15, 0.2) is 54.6 Å². The second-order valence-electron chi connectivity index (χ2n) is 5.70. The van der Waals surface area contributed by atoms with E-state index in [1.54, 1.807) is 0 Å². The van der Waals surface area contributed by atoms with Crippen LogP contribution in [0.5, 0.6) is 0 Å². The number of benzene rings is 2. The summed E-state index contributed by atoms with van der Waals surface area (Å²) in [5.74, 6) is -0.0106. The van der Waals surface area contributed by atoms with Gasteiger partial charge in [0.2, 0.25) is 5.91 Å². The first kappa shape index (κ1) is 20.0. The summed E-state index contributed by atoms with van der Waals surface area (Å²) in [6.45, 7) is 5.39. The van der Waals surface area contributed by atoms with E-state index < -0.39 is 0 Å². The third kappa shape index (κ3) is 5.87. The van der Waals surface area contributed by atoms with Crippen molar-refractivity contribution in [3.8, 4) is 0 Å². The van der Waals surface area contributed by atoms with E-state index in [1.807, 2.05) is 37.3 Å². The summed E-state index contributed by atoms with van der Waals surface area (Å²) in [6, 6.07) is 18.5. The Balaban J connectivity index is 0.00000288. The van der Waals surface area contributed by atoms with Gasteiger partial charge in [-0.05, 0) is 43.7 Å². The maximum atomic E-state index is 11.6. The summed E-state index contributed by atoms with van der Waals surface area (Å²) in [5.41, 5.74) is 9.02. The summed E-state index contributed by atoms with van der Waals surface area (Å²) >= 11 is 0. The van der Waals surface area contributed by atoms with Crippen LogP contribution in [0.2, 0.25) is 0 Å². The fourth-order valence-electron chi connectivity index (χ4n) is 2.48. The first-order valence-corrected chi connectivity index (χ1v) is 8.04. The number of rotatable bonds is 7. The Labute approximate surface area is 150 Å². The number of halogens is 1. The van der Waals surface area contributed by atoms with Crippen LogP contribution >= 0.6 is 12.4 Å². The normalized spacial score (nSPS) is 11.3. The van der Waals surface area contributed by atoms with Gasteiger partial charge in [0.05, 0.1) is 0 Å². The highest BCUT2D eigenvalue weighted by Crippen LogP contribution is 2.24. The molecule has 0 radical (unpaired) electrons. The molecule has 2 aromatic rings. The Morgan fingerprint density at radius 3 is 2.21 bits per heavy atom. The molecule has 24 heavy (non-hydrogen) atoms. The van der Waals surface area contributed by atoms with E-state index in [0.717, 1.165) is 17.8 Å². The maximum Gasteiger partial charge on any atom is 0.221 e. The van der Waals surface area contributed by atoms with Gasteiger partial charge in [-0.3, -0.25) is 4.79 Å². The van der Waals surface area contributed by atoms with Crippen LogP contribution in [0.4, 0.5) is 11.4 Å². The van der Waals surface area contributed by atoms with Gasteiger partial charge in [-0.2, -0.15) is 0 Å². The molecule has 2 aromatic carbocycles. The zero-order chi connectivity index (χ0) is 16.7. The van der Waals surface area contributed by atoms with Crippen molar-refractivity contribution in [2.24, 2.45) is 5.73 Å². The minimum atomic E-state index is -0.110. The molecule has 0 heterocycles. The Kier molecular flexibility index (Phi) is 8.30. The van der Waals surface area contributed by atoms with Crippen LogP contribution in [0.3, 0.4) is 0 Å². The zero-order valence-corrected chi connectivity index (χ0v) is 15.1. The molecule has 130 valence electrons. The number of amides is 1. The third-order valence-electron chi connectivity index (χ3n) is 3.63. The van der Waals surface area contributed by atoms with Crippen molar-refractivity contribution in [1.29, 1.82) is 0 Å². The molecule has 5 heteroatoms. The van der Waals surface area contributed by atoms with Gasteiger partial charge in [-0.15, -0.1) is 12.4 Å². The van der Waals surface area contributed by atoms with Gasteiger partial charge in [0, 0.05) is 36.9 Å². The van der Waals surface area contributed by atoms with E-state index in [-0.39, 0.29) is 24.4 Å². The number of carbonyl (C=O) groups is 1. The van der Waals surface area contributed by atoms with Crippen LogP contribution in [0.25, 0.3) is 0 Å². The van der Waals surface area contributed by atoms with Gasteiger partial charge in [-0.1, -0.05) is 30.3 Å². The minimum Gasteiger partial charge on any atom is -0.352 e. The lowest BCUT2D eigenvalue weighted by atomic mass is 10.1. The fraction of sp³-hybridized carbons (Fsp3) is 0.316. The molecule has 0 aliphatic rings. The Morgan fingerprint density at radius 2 is 1.67 bits per heavy atom. The fourth-order valence-corrected chi connectivity index (χ4v) is 2.48.